The molecule has 0 spiro atoms. The van der Waals surface area contributed by atoms with Crippen LogP contribution in [0.3, 0.4) is 0 Å². The van der Waals surface area contributed by atoms with Crippen molar-refractivity contribution in [3.63, 3.8) is 0 Å². The molecule has 2 amide bonds. The van der Waals surface area contributed by atoms with Crippen LogP contribution in [-0.2, 0) is 38.9 Å². The maximum absolute atomic E-state index is 13.8. The van der Waals surface area contributed by atoms with Crippen molar-refractivity contribution in [1.82, 2.24) is 20.0 Å². The molecule has 9 nitrogen and oxygen atoms in total. The Bertz CT molecular complexity index is 1510. The molecule has 5 rings (SSSR count). The molecular weight excluding hydrogens is 586 g/mol. The van der Waals surface area contributed by atoms with Gasteiger partial charge in [-0.3, -0.25) is 14.5 Å². The summed E-state index contributed by atoms with van der Waals surface area (Å²) in [4.78, 5) is 34.3. The molecule has 0 aromatic heterocycles. The van der Waals surface area contributed by atoms with E-state index in [1.807, 2.05) is 40.1 Å². The molecule has 1 atom stereocenters. The maximum atomic E-state index is 13.8. The summed E-state index contributed by atoms with van der Waals surface area (Å²) in [5, 5.41) is 3.56. The third-order valence-electron chi connectivity index (χ3n) is 8.91. The Hall–Kier alpha value is -3.73. The lowest BCUT2D eigenvalue weighted by atomic mass is 10.0. The van der Waals surface area contributed by atoms with Crippen LogP contribution in [0.1, 0.15) is 30.5 Å². The number of carbonyl (C=O) groups is 2. The molecule has 3 aromatic carbocycles. The van der Waals surface area contributed by atoms with Gasteiger partial charge in [0.25, 0.3) is 0 Å². The van der Waals surface area contributed by atoms with Crippen LogP contribution in [0.4, 0.5) is 5.69 Å². The Morgan fingerprint density at radius 3 is 1.93 bits per heavy atom. The zero-order valence-corrected chi connectivity index (χ0v) is 27.2. The second kappa shape index (κ2) is 15.0. The Labute approximate surface area is 267 Å². The Balaban J connectivity index is 1.16. The van der Waals surface area contributed by atoms with Crippen LogP contribution in [0.2, 0.25) is 0 Å². The van der Waals surface area contributed by atoms with Crippen LogP contribution >= 0.6 is 0 Å². The predicted molar refractivity (Wildman–Crippen MR) is 178 cm³/mol. The lowest BCUT2D eigenvalue weighted by molar-refractivity contribution is -0.135. The molecule has 1 N–H and O–H groups in total. The fourth-order valence-corrected chi connectivity index (χ4v) is 6.90. The first-order valence-corrected chi connectivity index (χ1v) is 17.6. The van der Waals surface area contributed by atoms with Gasteiger partial charge in [0.05, 0.1) is 16.7 Å². The number of sulfone groups is 1. The molecule has 1 unspecified atom stereocenters. The zero-order chi connectivity index (χ0) is 31.8. The zero-order valence-electron chi connectivity index (χ0n) is 26.4. The smallest absolute Gasteiger partial charge is 0.240 e. The summed E-state index contributed by atoms with van der Waals surface area (Å²) in [5.74, 6) is 0.343. The summed E-state index contributed by atoms with van der Waals surface area (Å²) < 4.78 is 24.3. The van der Waals surface area contributed by atoms with Crippen molar-refractivity contribution in [2.45, 2.75) is 44.3 Å². The van der Waals surface area contributed by atoms with E-state index >= 15 is 0 Å². The summed E-state index contributed by atoms with van der Waals surface area (Å²) >= 11 is 0. The third kappa shape index (κ3) is 8.71. The lowest BCUT2D eigenvalue weighted by Gasteiger charge is -2.37. The van der Waals surface area contributed by atoms with Crippen molar-refractivity contribution < 1.29 is 18.0 Å². The van der Waals surface area contributed by atoms with Crippen molar-refractivity contribution in [3.05, 3.63) is 95.6 Å². The van der Waals surface area contributed by atoms with Gasteiger partial charge in [-0.25, -0.2) is 8.42 Å². The molecule has 240 valence electrons. The van der Waals surface area contributed by atoms with E-state index in [1.165, 1.54) is 0 Å². The number of rotatable bonds is 11. The Morgan fingerprint density at radius 2 is 1.33 bits per heavy atom. The van der Waals surface area contributed by atoms with Crippen LogP contribution < -0.4 is 10.2 Å². The first kappa shape index (κ1) is 32.7. The molecule has 2 saturated heterocycles. The highest BCUT2D eigenvalue weighted by Crippen LogP contribution is 2.19. The molecule has 2 aliphatic heterocycles. The lowest BCUT2D eigenvalue weighted by Crippen LogP contribution is -2.54. The molecule has 10 heteroatoms. The van der Waals surface area contributed by atoms with Gasteiger partial charge in [-0.05, 0) is 47.4 Å². The van der Waals surface area contributed by atoms with Crippen molar-refractivity contribution in [2.75, 3.05) is 63.0 Å². The minimum absolute atomic E-state index is 0.0938. The molecule has 0 radical (unpaired) electrons. The number of benzene rings is 3. The number of hydrogen-bond acceptors (Lipinski definition) is 7. The van der Waals surface area contributed by atoms with E-state index in [0.717, 1.165) is 68.2 Å². The van der Waals surface area contributed by atoms with E-state index in [9.17, 15) is 18.0 Å². The van der Waals surface area contributed by atoms with E-state index in [0.29, 0.717) is 31.0 Å². The van der Waals surface area contributed by atoms with E-state index in [2.05, 4.69) is 51.5 Å². The average molecular weight is 632 g/mol. The molecule has 0 saturated carbocycles. The van der Waals surface area contributed by atoms with Crippen molar-refractivity contribution in [2.24, 2.45) is 0 Å². The highest BCUT2D eigenvalue weighted by Gasteiger charge is 2.28. The SMILES string of the molecule is CCS(=O)(=O)c1ccc(CN2CCN(C(=O)C(Cc3ccccc3)NCc3ccc(N4CCN(C(C)=O)CC4)cc3)CC2)cc1. The average Bonchev–Trinajstić information content (AvgIpc) is 3.07. The highest BCUT2D eigenvalue weighted by molar-refractivity contribution is 7.91. The van der Waals surface area contributed by atoms with E-state index < -0.39 is 9.84 Å². The van der Waals surface area contributed by atoms with Gasteiger partial charge >= 0.3 is 0 Å². The first-order valence-electron chi connectivity index (χ1n) is 15.9. The van der Waals surface area contributed by atoms with Crippen molar-refractivity contribution in [1.29, 1.82) is 0 Å². The number of nitrogens with one attached hydrogen (secondary N) is 1. The fraction of sp³-hybridized carbons (Fsp3) is 0.429. The molecule has 45 heavy (non-hydrogen) atoms. The molecule has 2 heterocycles. The normalized spacial score (nSPS) is 16.9. The number of amides is 2. The molecule has 0 aliphatic carbocycles. The fourth-order valence-electron chi connectivity index (χ4n) is 6.02. The van der Waals surface area contributed by atoms with E-state index in [4.69, 9.17) is 0 Å². The van der Waals surface area contributed by atoms with Gasteiger partial charge < -0.3 is 20.0 Å². The van der Waals surface area contributed by atoms with Gasteiger partial charge in [-0.2, -0.15) is 0 Å². The van der Waals surface area contributed by atoms with Gasteiger partial charge in [0.1, 0.15) is 0 Å². The number of carbonyl (C=O) groups excluding carboxylic acids is 2. The number of nitrogens with zero attached hydrogens (tertiary/aromatic N) is 4. The quantitative estimate of drug-likeness (QED) is 0.348. The van der Waals surface area contributed by atoms with Crippen LogP contribution in [0.25, 0.3) is 0 Å². The topological polar surface area (TPSA) is 93.3 Å². The monoisotopic (exact) mass is 631 g/mol. The van der Waals surface area contributed by atoms with Gasteiger partial charge in [-0.1, -0.05) is 61.5 Å². The van der Waals surface area contributed by atoms with Gasteiger partial charge in [0.15, 0.2) is 9.84 Å². The minimum Gasteiger partial charge on any atom is -0.368 e. The minimum atomic E-state index is -3.21. The predicted octanol–water partition coefficient (Wildman–Crippen LogP) is 3.19. The summed E-state index contributed by atoms with van der Waals surface area (Å²) in [6.45, 7) is 10.6. The largest absolute Gasteiger partial charge is 0.368 e. The van der Waals surface area contributed by atoms with Gasteiger partial charge in [0, 0.05) is 78.1 Å². The van der Waals surface area contributed by atoms with E-state index in [-0.39, 0.29) is 23.6 Å². The number of hydrogen-bond donors (Lipinski definition) is 1. The second-order valence-corrected chi connectivity index (χ2v) is 14.2. The summed E-state index contributed by atoms with van der Waals surface area (Å²) in [6.07, 6.45) is 0.616. The first-order chi connectivity index (χ1) is 21.7. The number of anilines is 1. The summed E-state index contributed by atoms with van der Waals surface area (Å²) in [6, 6.07) is 25.5. The Kier molecular flexibility index (Phi) is 10.9. The third-order valence-corrected chi connectivity index (χ3v) is 10.7. The van der Waals surface area contributed by atoms with Crippen LogP contribution in [0.5, 0.6) is 0 Å². The van der Waals surface area contributed by atoms with E-state index in [1.54, 1.807) is 26.0 Å². The van der Waals surface area contributed by atoms with Crippen LogP contribution in [0, 0.1) is 0 Å². The molecule has 2 aliphatic rings. The highest BCUT2D eigenvalue weighted by atomic mass is 32.2. The molecule has 3 aromatic rings. The second-order valence-electron chi connectivity index (χ2n) is 11.9. The van der Waals surface area contributed by atoms with Crippen molar-refractivity contribution >= 4 is 27.3 Å². The molecule has 0 bridgehead atoms. The van der Waals surface area contributed by atoms with Crippen molar-refractivity contribution in [3.8, 4) is 0 Å². The standard InChI is InChI=1S/C35H45N5O4S/c1-3-45(43,44)33-15-11-31(12-16-33)27-37-17-19-40(20-18-37)35(42)34(25-29-7-5-4-6-8-29)36-26-30-9-13-32(14-10-30)39-23-21-38(22-24-39)28(2)41/h4-16,34,36H,3,17-27H2,1-2H3. The molecule has 2 fully saturated rings. The van der Waals surface area contributed by atoms with Gasteiger partial charge in [0.2, 0.25) is 11.8 Å². The summed E-state index contributed by atoms with van der Waals surface area (Å²) in [7, 11) is -3.21. The molecular formula is C35H45N5O4S. The maximum Gasteiger partial charge on any atom is 0.240 e. The van der Waals surface area contributed by atoms with Gasteiger partial charge in [-0.15, -0.1) is 0 Å². The van der Waals surface area contributed by atoms with Crippen LogP contribution in [-0.4, -0.2) is 99.1 Å². The number of piperazine rings is 2. The van der Waals surface area contributed by atoms with Crippen LogP contribution in [0.15, 0.2) is 83.8 Å². The summed E-state index contributed by atoms with van der Waals surface area (Å²) in [5.41, 5.74) is 4.46. The Morgan fingerprint density at radius 1 is 0.733 bits per heavy atom.